The number of anilines is 2. The van der Waals surface area contributed by atoms with Crippen LogP contribution in [0.25, 0.3) is 0 Å². The van der Waals surface area contributed by atoms with Crippen molar-refractivity contribution in [3.05, 3.63) is 130 Å². The Bertz CT molecular complexity index is 1750. The summed E-state index contributed by atoms with van der Waals surface area (Å²) in [6.45, 7) is 1.80. The van der Waals surface area contributed by atoms with Crippen LogP contribution in [0.3, 0.4) is 0 Å². The van der Waals surface area contributed by atoms with E-state index < -0.39 is 32.4 Å². The van der Waals surface area contributed by atoms with Gasteiger partial charge < -0.3 is 10.4 Å². The lowest BCUT2D eigenvalue weighted by Gasteiger charge is -2.55. The molecule has 3 aliphatic carbocycles. The van der Waals surface area contributed by atoms with Crippen LogP contribution in [0.1, 0.15) is 48.5 Å². The highest BCUT2D eigenvalue weighted by Crippen LogP contribution is 2.70. The van der Waals surface area contributed by atoms with Gasteiger partial charge >= 0.3 is 5.97 Å². The molecule has 2 bridgehead atoms. The molecule has 4 aromatic carbocycles. The smallest absolute Gasteiger partial charge is 0.337 e. The van der Waals surface area contributed by atoms with E-state index in [9.17, 15) is 24.3 Å². The number of nitrogens with zero attached hydrogens (tertiary/aromatic N) is 1. The zero-order valence-electron chi connectivity index (χ0n) is 22.1. The molecule has 0 unspecified atom stereocenters. The Labute approximate surface area is 257 Å². The van der Waals surface area contributed by atoms with Gasteiger partial charge in [0.05, 0.1) is 37.4 Å². The predicted octanol–water partition coefficient (Wildman–Crippen LogP) is 6.36. The molecule has 208 valence electrons. The van der Waals surface area contributed by atoms with Gasteiger partial charge in [-0.3, -0.25) is 14.4 Å². The van der Waals surface area contributed by atoms with Crippen LogP contribution in [0.5, 0.6) is 0 Å². The normalized spacial score (nSPS) is 25.1. The Kier molecular flexibility index (Phi) is 5.88. The first-order chi connectivity index (χ1) is 20.1. The topological polar surface area (TPSA) is 104 Å². The molecule has 0 saturated carbocycles. The van der Waals surface area contributed by atoms with Gasteiger partial charge in [0.2, 0.25) is 11.8 Å². The highest BCUT2D eigenvalue weighted by Gasteiger charge is 2.72. The van der Waals surface area contributed by atoms with Crippen molar-refractivity contribution in [3.8, 4) is 0 Å². The number of carboxylic acids is 1. The van der Waals surface area contributed by atoms with Crippen LogP contribution in [0.4, 0.5) is 11.4 Å². The standard InChI is InChI=1S/C33H22Br2N2O5/c1-17-10-15-20(31(41)42)25(16-17)36-28(38)18-11-13-19(14-12-18)37-29(39)26-27(30(37)40)33(35)22-7-3-2-6-21(22)32(26,34)23-8-4-5-9-24(23)33/h2-16,26-27H,1H3,(H,36,38)(H,41,42)/t26-,27-,32?,33?/m0/s1. The van der Waals surface area contributed by atoms with Crippen LogP contribution < -0.4 is 10.2 Å². The molecule has 4 aliphatic rings. The number of hydrogen-bond donors (Lipinski definition) is 2. The summed E-state index contributed by atoms with van der Waals surface area (Å²) in [6, 6.07) is 26.7. The summed E-state index contributed by atoms with van der Waals surface area (Å²) in [5, 5.41) is 12.2. The fourth-order valence-electron chi connectivity index (χ4n) is 6.83. The SMILES string of the molecule is Cc1ccc(C(=O)O)c(NC(=O)c2ccc(N3C(=O)[C@@H]4[C@@H](C3=O)C3(Br)c5ccccc5C4(Br)c4ccccc43)cc2)c1. The number of aromatic carboxylic acids is 1. The molecule has 0 aromatic heterocycles. The maximum atomic E-state index is 14.2. The molecule has 2 atom stereocenters. The van der Waals surface area contributed by atoms with Gasteiger partial charge in [-0.15, -0.1) is 0 Å². The molecule has 2 N–H and O–H groups in total. The molecule has 1 saturated heterocycles. The van der Waals surface area contributed by atoms with Gasteiger partial charge in [0.15, 0.2) is 0 Å². The summed E-state index contributed by atoms with van der Waals surface area (Å²) in [5.74, 6) is -3.71. The van der Waals surface area contributed by atoms with Crippen molar-refractivity contribution < 1.29 is 24.3 Å². The minimum atomic E-state index is -1.15. The first-order valence-electron chi connectivity index (χ1n) is 13.3. The second-order valence-corrected chi connectivity index (χ2v) is 13.3. The van der Waals surface area contributed by atoms with Crippen LogP contribution in [-0.2, 0) is 18.2 Å². The number of carbonyl (C=O) groups excluding carboxylic acids is 3. The van der Waals surface area contributed by atoms with Crippen molar-refractivity contribution >= 4 is 66.9 Å². The molecule has 9 heteroatoms. The lowest BCUT2D eigenvalue weighted by molar-refractivity contribution is -0.122. The molecule has 1 heterocycles. The van der Waals surface area contributed by atoms with E-state index in [0.29, 0.717) is 5.69 Å². The van der Waals surface area contributed by atoms with Gasteiger partial charge in [0.1, 0.15) is 0 Å². The molecule has 0 radical (unpaired) electrons. The minimum absolute atomic E-state index is 0.0227. The predicted molar refractivity (Wildman–Crippen MR) is 164 cm³/mol. The van der Waals surface area contributed by atoms with Gasteiger partial charge in [-0.1, -0.05) is 86.5 Å². The van der Waals surface area contributed by atoms with Crippen molar-refractivity contribution in [1.29, 1.82) is 0 Å². The van der Waals surface area contributed by atoms with Crippen molar-refractivity contribution in [1.82, 2.24) is 0 Å². The Morgan fingerprint density at radius 3 is 1.69 bits per heavy atom. The lowest BCUT2D eigenvalue weighted by Crippen LogP contribution is -2.56. The Morgan fingerprint density at radius 1 is 0.762 bits per heavy atom. The van der Waals surface area contributed by atoms with E-state index in [-0.39, 0.29) is 28.6 Å². The summed E-state index contributed by atoms with van der Waals surface area (Å²) in [5.41, 5.74) is 5.38. The molecule has 1 aliphatic heterocycles. The van der Waals surface area contributed by atoms with Gasteiger partial charge in [-0.2, -0.15) is 0 Å². The summed E-state index contributed by atoms with van der Waals surface area (Å²) < 4.78 is -1.78. The quantitative estimate of drug-likeness (QED) is 0.192. The van der Waals surface area contributed by atoms with Crippen LogP contribution in [-0.4, -0.2) is 28.8 Å². The summed E-state index contributed by atoms with van der Waals surface area (Å²) in [6.07, 6.45) is 0. The van der Waals surface area contributed by atoms with E-state index >= 15 is 0 Å². The van der Waals surface area contributed by atoms with E-state index in [4.69, 9.17) is 0 Å². The third-order valence-electron chi connectivity index (χ3n) is 8.63. The summed E-state index contributed by atoms with van der Waals surface area (Å²) in [4.78, 5) is 54.3. The van der Waals surface area contributed by atoms with Crippen molar-refractivity contribution in [2.24, 2.45) is 11.8 Å². The molecule has 3 amide bonds. The number of imide groups is 1. The van der Waals surface area contributed by atoms with E-state index in [1.807, 2.05) is 48.5 Å². The monoisotopic (exact) mass is 684 g/mol. The highest BCUT2D eigenvalue weighted by molar-refractivity contribution is 9.10. The Balaban J connectivity index is 1.25. The first-order valence-corrected chi connectivity index (χ1v) is 14.9. The Morgan fingerprint density at radius 2 is 1.24 bits per heavy atom. The fraction of sp³-hybridized carbons (Fsp3) is 0.152. The molecule has 7 nitrogen and oxygen atoms in total. The maximum Gasteiger partial charge on any atom is 0.337 e. The van der Waals surface area contributed by atoms with Crippen molar-refractivity contribution in [2.45, 2.75) is 15.6 Å². The van der Waals surface area contributed by atoms with Crippen LogP contribution >= 0.6 is 31.9 Å². The number of aryl methyl sites for hydroxylation is 1. The number of carboxylic acid groups (broad SMARTS) is 1. The number of rotatable bonds is 4. The third-order valence-corrected chi connectivity index (χ3v) is 11.3. The average molecular weight is 686 g/mol. The number of benzene rings is 4. The summed E-state index contributed by atoms with van der Waals surface area (Å²) in [7, 11) is 0. The minimum Gasteiger partial charge on any atom is -0.478 e. The van der Waals surface area contributed by atoms with Gasteiger partial charge in [0.25, 0.3) is 5.91 Å². The number of amides is 3. The van der Waals surface area contributed by atoms with Crippen LogP contribution in [0, 0.1) is 18.8 Å². The van der Waals surface area contributed by atoms with Gasteiger partial charge in [0, 0.05) is 5.56 Å². The zero-order valence-corrected chi connectivity index (χ0v) is 25.3. The largest absolute Gasteiger partial charge is 0.478 e. The lowest BCUT2D eigenvalue weighted by atomic mass is 9.54. The fourth-order valence-corrected chi connectivity index (χ4v) is 9.13. The average Bonchev–Trinajstić information content (AvgIpc) is 3.26. The second-order valence-electron chi connectivity index (χ2n) is 10.8. The molecular formula is C33H22Br2N2O5. The molecule has 8 rings (SSSR count). The molecule has 4 aromatic rings. The van der Waals surface area contributed by atoms with Crippen molar-refractivity contribution in [3.63, 3.8) is 0 Å². The molecular weight excluding hydrogens is 664 g/mol. The number of halogens is 2. The van der Waals surface area contributed by atoms with Crippen LogP contribution in [0.15, 0.2) is 91.0 Å². The number of carbonyl (C=O) groups is 4. The summed E-state index contributed by atoms with van der Waals surface area (Å²) >= 11 is 7.99. The highest BCUT2D eigenvalue weighted by atomic mass is 79.9. The maximum absolute atomic E-state index is 14.2. The number of alkyl halides is 2. The van der Waals surface area contributed by atoms with E-state index in [1.165, 1.54) is 23.1 Å². The third kappa shape index (κ3) is 3.44. The second kappa shape index (κ2) is 9.21. The first kappa shape index (κ1) is 26.8. The molecule has 0 spiro atoms. The van der Waals surface area contributed by atoms with Crippen LogP contribution in [0.2, 0.25) is 0 Å². The number of nitrogens with one attached hydrogen (secondary N) is 1. The van der Waals surface area contributed by atoms with Gasteiger partial charge in [-0.25, -0.2) is 9.69 Å². The molecule has 42 heavy (non-hydrogen) atoms. The Hall–Kier alpha value is -4.08. The van der Waals surface area contributed by atoms with E-state index in [1.54, 1.807) is 31.2 Å². The van der Waals surface area contributed by atoms with E-state index in [0.717, 1.165) is 27.8 Å². The molecule has 1 fully saturated rings. The van der Waals surface area contributed by atoms with Gasteiger partial charge in [-0.05, 0) is 71.1 Å². The van der Waals surface area contributed by atoms with E-state index in [2.05, 4.69) is 37.2 Å². The van der Waals surface area contributed by atoms with Crippen molar-refractivity contribution in [2.75, 3.05) is 10.2 Å². The zero-order chi connectivity index (χ0) is 29.6. The number of hydrogen-bond acceptors (Lipinski definition) is 4.